The topological polar surface area (TPSA) is 307 Å². The summed E-state index contributed by atoms with van der Waals surface area (Å²) in [5.74, 6) is -0.855. The predicted octanol–water partition coefficient (Wildman–Crippen LogP) is 20.8. The van der Waals surface area contributed by atoms with Crippen LogP contribution < -0.4 is 32.9 Å². The Morgan fingerprint density at radius 2 is 0.593 bits per heavy atom. The third-order valence-electron chi connectivity index (χ3n) is 22.3. The molecule has 1 aromatic heterocycles. The minimum absolute atomic E-state index is 0. The SMILES string of the molecule is CC(C)N(C(=O)OCC1c2ccccc2-c2ccccc21)C(C)C.CC(C)N(C(=O)OCC1c2ccccc2-c2ccccc21)C(C)C.CC(C)N(C(=O)OCCC#N)C(C)C.CC(C)NC(C)C.CC(C)NC(C)C.CC(C)NC(C)C.C[n+]1ccn(C(=O)OCCC#N)c1.O=C(Cl)OCC1c2ccccc2-c2ccccc21.O=C(OCC1c2ccccc2-c2ccccc21)ON1C(=O)CCC1=O.[Cl-]. The first-order valence-electron chi connectivity index (χ1n) is 48.4. The van der Waals surface area contributed by atoms with Crippen LogP contribution in [-0.2, 0) is 49.9 Å². The number of nitrogens with one attached hydrogen (secondary N) is 3. The smallest absolute Gasteiger partial charge is 0.533 e. The van der Waals surface area contributed by atoms with Crippen molar-refractivity contribution < 1.29 is 88.6 Å². The van der Waals surface area contributed by atoms with Crippen LogP contribution in [0.15, 0.2) is 213 Å². The second-order valence-electron chi connectivity index (χ2n) is 37.6. The molecule has 1 saturated heterocycles. The number of imidazole rings is 1. The highest BCUT2D eigenvalue weighted by molar-refractivity contribution is 6.61. The van der Waals surface area contributed by atoms with Crippen molar-refractivity contribution in [3.05, 3.63) is 257 Å². The quantitative estimate of drug-likeness (QED) is 0.0120. The van der Waals surface area contributed by atoms with Gasteiger partial charge in [0, 0.05) is 121 Å². The number of fused-ring (bicyclic) bond motifs is 12. The molecule has 0 bridgehead atoms. The number of hydrogen-bond acceptors (Lipinski definition) is 20. The van der Waals surface area contributed by atoms with Gasteiger partial charge in [-0.2, -0.15) is 15.3 Å². The van der Waals surface area contributed by atoms with Crippen molar-refractivity contribution in [1.29, 1.82) is 10.5 Å². The lowest BCUT2D eigenvalue weighted by Crippen LogP contribution is -3.00. The van der Waals surface area contributed by atoms with Gasteiger partial charge in [-0.25, -0.2) is 28.5 Å². The highest BCUT2D eigenvalue weighted by Gasteiger charge is 2.38. The summed E-state index contributed by atoms with van der Waals surface area (Å²) < 4.78 is 34.3. The molecule has 3 N–H and O–H groups in total. The van der Waals surface area contributed by atoms with E-state index in [0.29, 0.717) is 54.5 Å². The summed E-state index contributed by atoms with van der Waals surface area (Å²) in [6.45, 7) is 51.1. The van der Waals surface area contributed by atoms with Crippen molar-refractivity contribution in [2.45, 2.75) is 288 Å². The zero-order valence-corrected chi connectivity index (χ0v) is 88.0. The fraction of sp³-hybridized carbons (Fsp3) is 0.455. The van der Waals surface area contributed by atoms with Gasteiger partial charge in [-0.05, 0) is 172 Å². The van der Waals surface area contributed by atoms with Gasteiger partial charge in [-0.3, -0.25) is 14.4 Å². The Morgan fingerprint density at radius 1 is 0.364 bits per heavy atom. The number of hydrogen-bond donors (Lipinski definition) is 3. The molecule has 4 aliphatic carbocycles. The molecule has 26 nitrogen and oxygen atoms in total. The molecule has 0 spiro atoms. The van der Waals surface area contributed by atoms with Crippen molar-refractivity contribution in [1.82, 2.24) is 40.3 Å². The van der Waals surface area contributed by atoms with Crippen molar-refractivity contribution >= 4 is 59.4 Å². The summed E-state index contributed by atoms with van der Waals surface area (Å²) in [6, 6.07) is 74.1. The van der Waals surface area contributed by atoms with Crippen LogP contribution >= 0.6 is 11.6 Å². The van der Waals surface area contributed by atoms with Gasteiger partial charge in [-0.15, -0.1) is 4.57 Å². The first-order valence-corrected chi connectivity index (χ1v) is 48.8. The van der Waals surface area contributed by atoms with Gasteiger partial charge < -0.3 is 71.5 Å². The Morgan fingerprint density at radius 3 is 0.807 bits per heavy atom. The maximum Gasteiger partial charge on any atom is 0.533 e. The average molecular weight is 1960 g/mol. The molecule has 140 heavy (non-hydrogen) atoms. The summed E-state index contributed by atoms with van der Waals surface area (Å²) in [4.78, 5) is 103. The molecule has 0 atom stereocenters. The lowest BCUT2D eigenvalue weighted by molar-refractivity contribution is -0.670. The third kappa shape index (κ3) is 36.3. The Bertz CT molecular complexity index is 5100. The van der Waals surface area contributed by atoms with Crippen LogP contribution in [-0.4, -0.2) is 184 Å². The van der Waals surface area contributed by atoms with E-state index in [2.05, 4.69) is 196 Å². The molecule has 1 aliphatic heterocycles. The number of hydroxylamine groups is 2. The van der Waals surface area contributed by atoms with Gasteiger partial charge >= 0.3 is 36.0 Å². The summed E-state index contributed by atoms with van der Waals surface area (Å²) in [5, 5.41) is 26.9. The van der Waals surface area contributed by atoms with E-state index in [4.69, 9.17) is 55.4 Å². The standard InChI is InChI=1S/2C21H25NO2.C19H15NO5.C15H11ClO2.C10H18N2O2.C8H10N3O2.3C6H15N.ClH/c2*1-14(2)22(15(3)4)21(23)24-13-20-18-11-7-5-9-16(18)17-10-6-8-12-19(17)20;21-17-9-10-18(22)20(17)25-19(23)24-11-16-14-7-3-1-5-12(14)13-6-2-4-8-15(13)16;16-15(17)18-9-14-12-7-3-1-5-10(12)11-6-2-4-8-13(11)14;1-8(2)12(9(3)4)10(13)14-7-5-6-11;1-10-4-5-11(7-10)8(12)13-6-2-3-9;3*1-5(2)7-6(3)4;/h2*5-12,14-15,20H,13H2,1-4H3;1-8,16H,9-11H2;1-8,14H,9H2;8-9H,5,7H2,1-4H3;4-5,7H,2,6H2,1H3;3*5-7H,1-4H3;1H/q;;;;;+1;;;;/p-1. The summed E-state index contributed by atoms with van der Waals surface area (Å²) >= 11 is 5.25. The van der Waals surface area contributed by atoms with Crippen molar-refractivity contribution in [2.75, 3.05) is 39.6 Å². The van der Waals surface area contributed by atoms with E-state index in [1.54, 1.807) is 45.0 Å². The van der Waals surface area contributed by atoms with Crippen LogP contribution in [0.25, 0.3) is 44.5 Å². The lowest BCUT2D eigenvalue weighted by atomic mass is 9.98. The van der Waals surface area contributed by atoms with E-state index in [-0.39, 0.29) is 143 Å². The summed E-state index contributed by atoms with van der Waals surface area (Å²) in [6.07, 6.45) is 3.16. The third-order valence-corrected chi connectivity index (χ3v) is 22.4. The molecule has 8 aromatic carbocycles. The number of rotatable bonds is 25. The highest BCUT2D eigenvalue weighted by Crippen LogP contribution is 2.49. The average Bonchev–Trinajstić information content (AvgIpc) is 1.63. The number of carbonyl (C=O) groups excluding carboxylic acids is 8. The number of amides is 5. The Hall–Kier alpha value is -12.4. The van der Waals surface area contributed by atoms with Crippen LogP contribution in [0.2, 0.25) is 0 Å². The van der Waals surface area contributed by atoms with Crippen molar-refractivity contribution in [3.8, 4) is 56.6 Å². The molecule has 0 unspecified atom stereocenters. The molecule has 0 saturated carbocycles. The fourth-order valence-electron chi connectivity index (χ4n) is 17.4. The normalized spacial score (nSPS) is 12.5. The second kappa shape index (κ2) is 59.9. The maximum atomic E-state index is 12.5. The lowest BCUT2D eigenvalue weighted by Gasteiger charge is -2.30. The number of nitrogens with zero attached hydrogens (tertiary/aromatic N) is 8. The summed E-state index contributed by atoms with van der Waals surface area (Å²) in [5.41, 5.74) is 18.4. The first kappa shape index (κ1) is 118. The van der Waals surface area contributed by atoms with E-state index in [0.717, 1.165) is 22.3 Å². The van der Waals surface area contributed by atoms with E-state index >= 15 is 0 Å². The zero-order chi connectivity index (χ0) is 103. The van der Waals surface area contributed by atoms with E-state index in [9.17, 15) is 38.4 Å². The Labute approximate surface area is 842 Å². The Kier molecular flexibility index (Phi) is 50.5. The minimum Gasteiger partial charge on any atom is -1.00 e. The number of ether oxygens (including phenoxy) is 6. The fourth-order valence-corrected chi connectivity index (χ4v) is 17.5. The molecule has 5 aliphatic rings. The van der Waals surface area contributed by atoms with Gasteiger partial charge in [0.15, 0.2) is 0 Å². The molecule has 756 valence electrons. The maximum absolute atomic E-state index is 12.5. The summed E-state index contributed by atoms with van der Waals surface area (Å²) in [7, 11) is 1.80. The molecular formula is C112H149Cl2N11O15. The molecule has 0 radical (unpaired) electrons. The molecule has 9 aromatic rings. The molecule has 14 rings (SSSR count). The Balaban J connectivity index is 0.000000287. The number of aromatic nitrogens is 2. The molecule has 2 heterocycles. The second-order valence-corrected chi connectivity index (χ2v) is 37.9. The number of benzene rings is 8. The number of carbonyl (C=O) groups is 8. The van der Waals surface area contributed by atoms with Crippen LogP contribution in [0, 0.1) is 22.7 Å². The van der Waals surface area contributed by atoms with Gasteiger partial charge in [0.05, 0.1) is 32.0 Å². The number of nitriles is 2. The molecule has 1 fully saturated rings. The zero-order valence-electron chi connectivity index (χ0n) is 86.5. The van der Waals surface area contributed by atoms with Crippen molar-refractivity contribution in [3.63, 3.8) is 0 Å². The van der Waals surface area contributed by atoms with E-state index in [1.165, 1.54) is 71.3 Å². The molecular weight excluding hydrogens is 1810 g/mol. The predicted molar refractivity (Wildman–Crippen MR) is 549 cm³/mol. The number of halogens is 2. The monoisotopic (exact) mass is 1960 g/mol. The molecule has 5 amide bonds. The van der Waals surface area contributed by atoms with Crippen LogP contribution in [0.3, 0.4) is 0 Å². The van der Waals surface area contributed by atoms with Gasteiger partial charge in [0.25, 0.3) is 18.1 Å². The first-order chi connectivity index (χ1) is 66.0. The largest absolute Gasteiger partial charge is 1.00 e. The van der Waals surface area contributed by atoms with E-state index in [1.807, 2.05) is 192 Å². The van der Waals surface area contributed by atoms with Gasteiger partial charge in [-0.1, -0.05) is 282 Å². The minimum atomic E-state index is -1.05. The van der Waals surface area contributed by atoms with Gasteiger partial charge in [0.1, 0.15) is 52.0 Å². The van der Waals surface area contributed by atoms with Crippen LogP contribution in [0.5, 0.6) is 0 Å². The highest BCUT2D eigenvalue weighted by atomic mass is 35.5. The molecule has 28 heteroatoms. The number of aryl methyl sites for hydroxylation is 1. The van der Waals surface area contributed by atoms with Crippen LogP contribution in [0.1, 0.15) is 260 Å². The van der Waals surface area contributed by atoms with Crippen molar-refractivity contribution in [2.24, 2.45) is 7.05 Å². The number of imide groups is 1. The van der Waals surface area contributed by atoms with Gasteiger partial charge in [0.2, 0.25) is 0 Å². The van der Waals surface area contributed by atoms with Crippen LogP contribution in [0.4, 0.5) is 28.8 Å². The van der Waals surface area contributed by atoms with E-state index < -0.39 is 29.5 Å².